The molecule has 0 saturated heterocycles. The van der Waals surface area contributed by atoms with Crippen molar-refractivity contribution in [2.45, 2.75) is 26.7 Å². The number of esters is 1. The number of ether oxygens (including phenoxy) is 1. The predicted molar refractivity (Wildman–Crippen MR) is 111 cm³/mol. The molecule has 0 aliphatic rings. The molecular formula is C20H23ClN2O2S. The zero-order chi connectivity index (χ0) is 18.9. The van der Waals surface area contributed by atoms with Crippen molar-refractivity contribution in [1.29, 1.82) is 0 Å². The van der Waals surface area contributed by atoms with Crippen LogP contribution < -0.4 is 10.6 Å². The van der Waals surface area contributed by atoms with Gasteiger partial charge in [0.25, 0.3) is 0 Å². The van der Waals surface area contributed by atoms with Gasteiger partial charge in [-0.2, -0.15) is 0 Å². The maximum atomic E-state index is 11.9. The molecule has 0 bridgehead atoms. The van der Waals surface area contributed by atoms with Crippen LogP contribution in [0.3, 0.4) is 0 Å². The molecule has 2 N–H and O–H groups in total. The molecule has 0 amide bonds. The van der Waals surface area contributed by atoms with Gasteiger partial charge in [0.15, 0.2) is 5.11 Å². The van der Waals surface area contributed by atoms with Crippen molar-refractivity contribution in [1.82, 2.24) is 5.32 Å². The van der Waals surface area contributed by atoms with E-state index < -0.39 is 5.97 Å². The number of halogens is 1. The Bertz CT molecular complexity index is 780. The molecule has 0 aromatic heterocycles. The van der Waals surface area contributed by atoms with Gasteiger partial charge < -0.3 is 15.4 Å². The summed E-state index contributed by atoms with van der Waals surface area (Å²) in [5.74, 6) is -0.446. The summed E-state index contributed by atoms with van der Waals surface area (Å²) in [7, 11) is 0. The van der Waals surface area contributed by atoms with Crippen LogP contribution in [-0.2, 0) is 11.2 Å². The van der Waals surface area contributed by atoms with Crippen LogP contribution in [0.4, 0.5) is 5.69 Å². The van der Waals surface area contributed by atoms with Crippen molar-refractivity contribution in [3.63, 3.8) is 0 Å². The van der Waals surface area contributed by atoms with E-state index in [9.17, 15) is 4.79 Å². The summed E-state index contributed by atoms with van der Waals surface area (Å²) in [6, 6.07) is 13.6. The third kappa shape index (κ3) is 6.32. The highest BCUT2D eigenvalue weighted by Crippen LogP contribution is 2.21. The minimum atomic E-state index is -0.446. The Morgan fingerprint density at radius 1 is 1.23 bits per heavy atom. The fourth-order valence-corrected chi connectivity index (χ4v) is 2.92. The Labute approximate surface area is 164 Å². The summed E-state index contributed by atoms with van der Waals surface area (Å²) in [6.45, 7) is 4.91. The fourth-order valence-electron chi connectivity index (χ4n) is 2.51. The van der Waals surface area contributed by atoms with Crippen molar-refractivity contribution < 1.29 is 9.53 Å². The second-order valence-electron chi connectivity index (χ2n) is 5.89. The Morgan fingerprint density at radius 3 is 2.77 bits per heavy atom. The number of benzene rings is 2. The van der Waals surface area contributed by atoms with Crippen LogP contribution in [0.2, 0.25) is 5.02 Å². The number of aryl methyl sites for hydroxylation is 2. The van der Waals surface area contributed by atoms with E-state index in [2.05, 4.69) is 41.8 Å². The Morgan fingerprint density at radius 2 is 2.04 bits per heavy atom. The van der Waals surface area contributed by atoms with E-state index in [4.69, 9.17) is 28.6 Å². The summed E-state index contributed by atoms with van der Waals surface area (Å²) in [5.41, 5.74) is 3.60. The van der Waals surface area contributed by atoms with E-state index in [1.807, 2.05) is 0 Å². The minimum absolute atomic E-state index is 0.299. The molecule has 0 aliphatic heterocycles. The highest BCUT2D eigenvalue weighted by molar-refractivity contribution is 7.80. The molecule has 4 nitrogen and oxygen atoms in total. The Hall–Kier alpha value is -2.11. The van der Waals surface area contributed by atoms with Gasteiger partial charge in [-0.05, 0) is 62.7 Å². The van der Waals surface area contributed by atoms with Crippen LogP contribution in [-0.4, -0.2) is 24.2 Å². The van der Waals surface area contributed by atoms with Crippen molar-refractivity contribution in [2.75, 3.05) is 18.5 Å². The summed E-state index contributed by atoms with van der Waals surface area (Å²) in [6.07, 6.45) is 1.96. The first-order chi connectivity index (χ1) is 12.5. The SMILES string of the molecule is CCOC(=O)c1cc(NC(=S)NCCCc2cccc(C)c2)ccc1Cl. The Kier molecular flexibility index (Phi) is 7.88. The van der Waals surface area contributed by atoms with Crippen molar-refractivity contribution in [3.8, 4) is 0 Å². The van der Waals surface area contributed by atoms with Gasteiger partial charge in [0, 0.05) is 12.2 Å². The average molecular weight is 391 g/mol. The molecule has 138 valence electrons. The number of rotatable bonds is 7. The minimum Gasteiger partial charge on any atom is -0.462 e. The van der Waals surface area contributed by atoms with E-state index in [0.29, 0.717) is 28.0 Å². The monoisotopic (exact) mass is 390 g/mol. The lowest BCUT2D eigenvalue weighted by atomic mass is 10.1. The standard InChI is InChI=1S/C20H23ClN2O2S/c1-3-25-19(24)17-13-16(9-10-18(17)21)23-20(26)22-11-5-8-15-7-4-6-14(2)12-15/h4,6-7,9-10,12-13H,3,5,8,11H2,1-2H3,(H2,22,23,26). The smallest absolute Gasteiger partial charge is 0.339 e. The summed E-state index contributed by atoms with van der Waals surface area (Å²) < 4.78 is 5.00. The zero-order valence-electron chi connectivity index (χ0n) is 15.0. The first kappa shape index (κ1) is 20.2. The molecule has 0 fully saturated rings. The topological polar surface area (TPSA) is 50.4 Å². The third-order valence-corrected chi connectivity index (χ3v) is 4.31. The maximum absolute atomic E-state index is 11.9. The molecule has 6 heteroatoms. The largest absolute Gasteiger partial charge is 0.462 e. The quantitative estimate of drug-likeness (QED) is 0.406. The third-order valence-electron chi connectivity index (χ3n) is 3.73. The van der Waals surface area contributed by atoms with E-state index in [1.54, 1.807) is 25.1 Å². The molecule has 0 atom stereocenters. The highest BCUT2D eigenvalue weighted by atomic mass is 35.5. The molecule has 0 saturated carbocycles. The van der Waals surface area contributed by atoms with E-state index in [0.717, 1.165) is 19.4 Å². The van der Waals surface area contributed by atoms with Crippen molar-refractivity contribution in [2.24, 2.45) is 0 Å². The normalized spacial score (nSPS) is 10.3. The molecule has 0 spiro atoms. The number of anilines is 1. The van der Waals surface area contributed by atoms with Crippen molar-refractivity contribution >= 4 is 40.6 Å². The molecule has 2 rings (SSSR count). The lowest BCUT2D eigenvalue weighted by Gasteiger charge is -2.12. The van der Waals surface area contributed by atoms with Gasteiger partial charge in [-0.1, -0.05) is 41.4 Å². The summed E-state index contributed by atoms with van der Waals surface area (Å²) >= 11 is 11.4. The predicted octanol–water partition coefficient (Wildman–Crippen LogP) is 4.74. The number of thiocarbonyl (C=S) groups is 1. The van der Waals surface area contributed by atoms with Crippen LogP contribution in [0, 0.1) is 6.92 Å². The first-order valence-corrected chi connectivity index (χ1v) is 9.35. The molecule has 0 heterocycles. The van der Waals surface area contributed by atoms with Gasteiger partial charge in [0.2, 0.25) is 0 Å². The number of nitrogens with one attached hydrogen (secondary N) is 2. The molecule has 0 aliphatic carbocycles. The maximum Gasteiger partial charge on any atom is 0.339 e. The van der Waals surface area contributed by atoms with Crippen LogP contribution in [0.15, 0.2) is 42.5 Å². The Balaban J connectivity index is 1.82. The van der Waals surface area contributed by atoms with Crippen LogP contribution in [0.25, 0.3) is 0 Å². The van der Waals surface area contributed by atoms with Crippen molar-refractivity contribution in [3.05, 3.63) is 64.2 Å². The molecule has 0 unspecified atom stereocenters. The van der Waals surface area contributed by atoms with E-state index in [-0.39, 0.29) is 0 Å². The van der Waals surface area contributed by atoms with Gasteiger partial charge in [-0.3, -0.25) is 0 Å². The van der Waals surface area contributed by atoms with Gasteiger partial charge in [-0.15, -0.1) is 0 Å². The second-order valence-corrected chi connectivity index (χ2v) is 6.70. The molecule has 2 aromatic rings. The van der Waals surface area contributed by atoms with E-state index >= 15 is 0 Å². The lowest BCUT2D eigenvalue weighted by Crippen LogP contribution is -2.29. The second kappa shape index (κ2) is 10.1. The zero-order valence-corrected chi connectivity index (χ0v) is 16.5. The van der Waals surface area contributed by atoms with Crippen LogP contribution in [0.5, 0.6) is 0 Å². The van der Waals surface area contributed by atoms with Crippen LogP contribution in [0.1, 0.15) is 34.8 Å². The van der Waals surface area contributed by atoms with E-state index in [1.165, 1.54) is 11.1 Å². The van der Waals surface area contributed by atoms with Crippen LogP contribution >= 0.6 is 23.8 Å². The fraction of sp³-hybridized carbons (Fsp3) is 0.300. The first-order valence-electron chi connectivity index (χ1n) is 8.56. The molecule has 0 radical (unpaired) electrons. The number of carbonyl (C=O) groups is 1. The number of carbonyl (C=O) groups excluding carboxylic acids is 1. The van der Waals surface area contributed by atoms with Gasteiger partial charge in [0.1, 0.15) is 0 Å². The average Bonchev–Trinajstić information content (AvgIpc) is 2.60. The number of hydrogen-bond acceptors (Lipinski definition) is 3. The van der Waals surface area contributed by atoms with Gasteiger partial charge in [0.05, 0.1) is 17.2 Å². The highest BCUT2D eigenvalue weighted by Gasteiger charge is 2.12. The number of hydrogen-bond donors (Lipinski definition) is 2. The summed E-state index contributed by atoms with van der Waals surface area (Å²) in [5, 5.41) is 7.10. The van der Waals surface area contributed by atoms with Gasteiger partial charge >= 0.3 is 5.97 Å². The molecule has 2 aromatic carbocycles. The lowest BCUT2D eigenvalue weighted by molar-refractivity contribution is 0.0526. The molecule has 26 heavy (non-hydrogen) atoms. The molecular weight excluding hydrogens is 368 g/mol. The summed E-state index contributed by atoms with van der Waals surface area (Å²) in [4.78, 5) is 11.9. The van der Waals surface area contributed by atoms with Gasteiger partial charge in [-0.25, -0.2) is 4.79 Å².